The Labute approximate surface area is 94.4 Å². The van der Waals surface area contributed by atoms with Gasteiger partial charge in [0.2, 0.25) is 0 Å². The first kappa shape index (κ1) is 11.4. The molecule has 2 rings (SSSR count). The Balaban J connectivity index is 1.70. The summed E-state index contributed by atoms with van der Waals surface area (Å²) in [6.45, 7) is 9.93. The minimum absolute atomic E-state index is 0.826. The predicted molar refractivity (Wildman–Crippen MR) is 65.0 cm³/mol. The minimum Gasteiger partial charge on any atom is -0.316 e. The summed E-state index contributed by atoms with van der Waals surface area (Å²) < 4.78 is 0. The van der Waals surface area contributed by atoms with E-state index in [0.717, 1.165) is 17.9 Å². The van der Waals surface area contributed by atoms with E-state index >= 15 is 0 Å². The highest BCUT2D eigenvalue weighted by Crippen LogP contribution is 2.32. The molecule has 0 saturated carbocycles. The van der Waals surface area contributed by atoms with Gasteiger partial charge in [-0.25, -0.2) is 0 Å². The fraction of sp³-hybridized carbons (Fsp3) is 1.00. The summed E-state index contributed by atoms with van der Waals surface area (Å²) in [7, 11) is 0. The number of rotatable bonds is 5. The van der Waals surface area contributed by atoms with Crippen LogP contribution in [0.4, 0.5) is 0 Å². The van der Waals surface area contributed by atoms with Crippen LogP contribution in [0.2, 0.25) is 0 Å². The van der Waals surface area contributed by atoms with E-state index in [1.807, 2.05) is 0 Å². The molecule has 2 fully saturated rings. The van der Waals surface area contributed by atoms with Crippen LogP contribution in [0.3, 0.4) is 0 Å². The highest BCUT2D eigenvalue weighted by atomic mass is 15.2. The molecule has 0 spiro atoms. The molecule has 3 unspecified atom stereocenters. The molecular formula is C13H26N2. The molecule has 2 heteroatoms. The van der Waals surface area contributed by atoms with Crippen molar-refractivity contribution in [3.63, 3.8) is 0 Å². The van der Waals surface area contributed by atoms with Crippen molar-refractivity contribution in [2.45, 2.75) is 45.6 Å². The Morgan fingerprint density at radius 3 is 2.80 bits per heavy atom. The SMILES string of the molecule is CCCCCCN1CC2CNCC2C1C. The molecule has 0 aromatic rings. The zero-order valence-corrected chi connectivity index (χ0v) is 10.3. The van der Waals surface area contributed by atoms with Crippen molar-refractivity contribution < 1.29 is 0 Å². The molecule has 2 saturated heterocycles. The van der Waals surface area contributed by atoms with Gasteiger partial charge in [-0.15, -0.1) is 0 Å². The van der Waals surface area contributed by atoms with Gasteiger partial charge in [0.1, 0.15) is 0 Å². The summed E-state index contributed by atoms with van der Waals surface area (Å²) >= 11 is 0. The number of hydrogen-bond donors (Lipinski definition) is 1. The Bertz CT molecular complexity index is 193. The van der Waals surface area contributed by atoms with Gasteiger partial charge in [0, 0.05) is 12.6 Å². The molecule has 3 atom stereocenters. The van der Waals surface area contributed by atoms with Crippen LogP contribution in [-0.4, -0.2) is 37.1 Å². The molecule has 0 radical (unpaired) electrons. The maximum absolute atomic E-state index is 3.52. The lowest BCUT2D eigenvalue weighted by Crippen LogP contribution is -2.33. The van der Waals surface area contributed by atoms with Gasteiger partial charge in [0.05, 0.1) is 0 Å². The summed E-state index contributed by atoms with van der Waals surface area (Å²) in [6.07, 6.45) is 5.60. The molecule has 1 N–H and O–H groups in total. The van der Waals surface area contributed by atoms with Gasteiger partial charge in [0.25, 0.3) is 0 Å². The number of fused-ring (bicyclic) bond motifs is 1. The number of nitrogens with zero attached hydrogens (tertiary/aromatic N) is 1. The van der Waals surface area contributed by atoms with Crippen LogP contribution in [-0.2, 0) is 0 Å². The maximum atomic E-state index is 3.52. The zero-order valence-electron chi connectivity index (χ0n) is 10.3. The van der Waals surface area contributed by atoms with E-state index in [0.29, 0.717) is 0 Å². The average Bonchev–Trinajstić information content (AvgIpc) is 2.78. The largest absolute Gasteiger partial charge is 0.316 e. The summed E-state index contributed by atoms with van der Waals surface area (Å²) in [5.41, 5.74) is 0. The molecule has 2 heterocycles. The van der Waals surface area contributed by atoms with Crippen LogP contribution in [0, 0.1) is 11.8 Å². The van der Waals surface area contributed by atoms with E-state index < -0.39 is 0 Å². The van der Waals surface area contributed by atoms with Crippen LogP contribution >= 0.6 is 0 Å². The van der Waals surface area contributed by atoms with Crippen LogP contribution in [0.1, 0.15) is 39.5 Å². The first-order valence-electron chi connectivity index (χ1n) is 6.77. The van der Waals surface area contributed by atoms with Gasteiger partial charge in [-0.2, -0.15) is 0 Å². The second-order valence-electron chi connectivity index (χ2n) is 5.38. The molecule has 15 heavy (non-hydrogen) atoms. The lowest BCUT2D eigenvalue weighted by atomic mass is 9.95. The molecule has 2 aliphatic heterocycles. The van der Waals surface area contributed by atoms with E-state index in [1.54, 1.807) is 0 Å². The first-order valence-corrected chi connectivity index (χ1v) is 6.77. The molecule has 88 valence electrons. The lowest BCUT2D eigenvalue weighted by Gasteiger charge is -2.24. The molecular weight excluding hydrogens is 184 g/mol. The molecule has 0 amide bonds. The predicted octanol–water partition coefficient (Wildman–Crippen LogP) is 2.11. The van der Waals surface area contributed by atoms with Crippen molar-refractivity contribution in [1.29, 1.82) is 0 Å². The number of unbranched alkanes of at least 4 members (excludes halogenated alkanes) is 3. The van der Waals surface area contributed by atoms with E-state index in [1.165, 1.54) is 51.9 Å². The molecule has 0 aromatic heterocycles. The zero-order chi connectivity index (χ0) is 10.7. The third-order valence-electron chi connectivity index (χ3n) is 4.36. The second kappa shape index (κ2) is 5.31. The van der Waals surface area contributed by atoms with Crippen LogP contribution in [0.15, 0.2) is 0 Å². The average molecular weight is 210 g/mol. The first-order chi connectivity index (χ1) is 7.33. The van der Waals surface area contributed by atoms with Crippen molar-refractivity contribution in [3.05, 3.63) is 0 Å². The van der Waals surface area contributed by atoms with E-state index in [-0.39, 0.29) is 0 Å². The third kappa shape index (κ3) is 2.54. The topological polar surface area (TPSA) is 15.3 Å². The Hall–Kier alpha value is -0.0800. The van der Waals surface area contributed by atoms with Crippen molar-refractivity contribution in [3.8, 4) is 0 Å². The summed E-state index contributed by atoms with van der Waals surface area (Å²) in [6, 6.07) is 0.826. The van der Waals surface area contributed by atoms with Crippen LogP contribution < -0.4 is 5.32 Å². The Kier molecular flexibility index (Phi) is 4.04. The van der Waals surface area contributed by atoms with Gasteiger partial charge in [0.15, 0.2) is 0 Å². The van der Waals surface area contributed by atoms with Gasteiger partial charge in [-0.1, -0.05) is 26.2 Å². The van der Waals surface area contributed by atoms with E-state index in [2.05, 4.69) is 24.1 Å². The molecule has 2 nitrogen and oxygen atoms in total. The van der Waals surface area contributed by atoms with Crippen molar-refractivity contribution in [2.75, 3.05) is 26.2 Å². The molecule has 0 aliphatic carbocycles. The van der Waals surface area contributed by atoms with Crippen LogP contribution in [0.25, 0.3) is 0 Å². The number of hydrogen-bond acceptors (Lipinski definition) is 2. The van der Waals surface area contributed by atoms with Gasteiger partial charge >= 0.3 is 0 Å². The smallest absolute Gasteiger partial charge is 0.0111 e. The van der Waals surface area contributed by atoms with Gasteiger partial charge in [-0.3, -0.25) is 4.90 Å². The summed E-state index contributed by atoms with van der Waals surface area (Å²) in [4.78, 5) is 2.73. The maximum Gasteiger partial charge on any atom is 0.0111 e. The van der Waals surface area contributed by atoms with Crippen LogP contribution in [0.5, 0.6) is 0 Å². The van der Waals surface area contributed by atoms with Crippen molar-refractivity contribution in [1.82, 2.24) is 10.2 Å². The molecule has 2 aliphatic rings. The second-order valence-corrected chi connectivity index (χ2v) is 5.38. The number of nitrogens with one attached hydrogen (secondary N) is 1. The summed E-state index contributed by atoms with van der Waals surface area (Å²) in [5.74, 6) is 1.89. The highest BCUT2D eigenvalue weighted by molar-refractivity contribution is 4.96. The highest BCUT2D eigenvalue weighted by Gasteiger charge is 2.41. The molecule has 0 aromatic carbocycles. The fourth-order valence-electron chi connectivity index (χ4n) is 3.29. The Morgan fingerprint density at radius 2 is 2.07 bits per heavy atom. The fourth-order valence-corrected chi connectivity index (χ4v) is 3.29. The van der Waals surface area contributed by atoms with E-state index in [4.69, 9.17) is 0 Å². The third-order valence-corrected chi connectivity index (χ3v) is 4.36. The van der Waals surface area contributed by atoms with Gasteiger partial charge < -0.3 is 5.32 Å². The standard InChI is InChI=1S/C13H26N2/c1-3-4-5-6-7-15-10-12-8-14-9-13(12)11(15)2/h11-14H,3-10H2,1-2H3. The van der Waals surface area contributed by atoms with Gasteiger partial charge in [-0.05, 0) is 44.8 Å². The summed E-state index contributed by atoms with van der Waals surface area (Å²) in [5, 5.41) is 3.52. The quantitative estimate of drug-likeness (QED) is 0.699. The normalized spacial score (nSPS) is 36.0. The number of likely N-dealkylation sites (tertiary alicyclic amines) is 1. The Morgan fingerprint density at radius 1 is 1.20 bits per heavy atom. The molecule has 0 bridgehead atoms. The lowest BCUT2D eigenvalue weighted by molar-refractivity contribution is 0.234. The van der Waals surface area contributed by atoms with Crippen molar-refractivity contribution in [2.24, 2.45) is 11.8 Å². The van der Waals surface area contributed by atoms with E-state index in [9.17, 15) is 0 Å². The van der Waals surface area contributed by atoms with Crippen molar-refractivity contribution >= 4 is 0 Å². The minimum atomic E-state index is 0.826. The monoisotopic (exact) mass is 210 g/mol.